The Morgan fingerprint density at radius 1 is 1.03 bits per heavy atom. The molecule has 0 saturated carbocycles. The molecule has 2 heterocycles. The number of carbonyl (C=O) groups excluding carboxylic acids is 3. The molecule has 1 aliphatic rings. The van der Waals surface area contributed by atoms with Crippen LogP contribution in [-0.2, 0) is 14.3 Å². The summed E-state index contributed by atoms with van der Waals surface area (Å²) in [4.78, 5) is 60.7. The summed E-state index contributed by atoms with van der Waals surface area (Å²) in [6.07, 6.45) is 1.48. The van der Waals surface area contributed by atoms with Gasteiger partial charge < -0.3 is 15.2 Å². The summed E-state index contributed by atoms with van der Waals surface area (Å²) in [5, 5.41) is 21.2. The van der Waals surface area contributed by atoms with Crippen molar-refractivity contribution in [2.24, 2.45) is 0 Å². The minimum atomic E-state index is -1.08. The molecule has 0 unspecified atom stereocenters. The first kappa shape index (κ1) is 27.1. The lowest BCUT2D eigenvalue weighted by Gasteiger charge is -2.23. The van der Waals surface area contributed by atoms with E-state index in [1.165, 1.54) is 54.6 Å². The van der Waals surface area contributed by atoms with Crippen LogP contribution < -0.4 is 16.3 Å². The van der Waals surface area contributed by atoms with Crippen molar-refractivity contribution in [2.45, 2.75) is 12.2 Å². The summed E-state index contributed by atoms with van der Waals surface area (Å²) < 4.78 is 11.1. The number of hydrogen-bond donors (Lipinski definition) is 1. The SMILES string of the molecule is CCOC(=O)C1=c2/c(=C/c3ccc([N+](=O)[O-])cc3)c(N)c(C(=O)OC)n2C(=O)[C@H](c2ccc([N+](=O)[O-])cc2)S1. The summed E-state index contributed by atoms with van der Waals surface area (Å²) in [7, 11) is 1.10. The molecule has 0 saturated heterocycles. The number of nitro groups is 2. The smallest absolute Gasteiger partial charge is 0.357 e. The van der Waals surface area contributed by atoms with E-state index in [0.717, 1.165) is 23.4 Å². The Balaban J connectivity index is 2.03. The van der Waals surface area contributed by atoms with E-state index in [4.69, 9.17) is 15.2 Å². The van der Waals surface area contributed by atoms with Crippen LogP contribution in [0.25, 0.3) is 11.0 Å². The molecule has 14 heteroatoms. The summed E-state index contributed by atoms with van der Waals surface area (Å²) >= 11 is 0.855. The molecule has 2 aromatic carbocycles. The van der Waals surface area contributed by atoms with Gasteiger partial charge in [-0.15, -0.1) is 0 Å². The predicted octanol–water partition coefficient (Wildman–Crippen LogP) is 2.30. The molecule has 200 valence electrons. The van der Waals surface area contributed by atoms with Crippen LogP contribution in [-0.4, -0.2) is 46.0 Å². The van der Waals surface area contributed by atoms with E-state index in [9.17, 15) is 34.6 Å². The van der Waals surface area contributed by atoms with Crippen LogP contribution in [0.4, 0.5) is 17.1 Å². The molecule has 1 aliphatic heterocycles. The third kappa shape index (κ3) is 4.96. The highest BCUT2D eigenvalue weighted by Crippen LogP contribution is 2.40. The third-order valence-electron chi connectivity index (χ3n) is 5.80. The quantitative estimate of drug-likeness (QED) is 0.257. The van der Waals surface area contributed by atoms with Crippen molar-refractivity contribution in [3.8, 4) is 0 Å². The number of hydrogen-bond acceptors (Lipinski definition) is 11. The zero-order valence-electron chi connectivity index (χ0n) is 20.5. The van der Waals surface area contributed by atoms with Crippen LogP contribution in [0.15, 0.2) is 48.5 Å². The van der Waals surface area contributed by atoms with Crippen LogP contribution in [0.2, 0.25) is 0 Å². The van der Waals surface area contributed by atoms with Gasteiger partial charge in [-0.1, -0.05) is 23.9 Å². The van der Waals surface area contributed by atoms with Crippen LogP contribution in [0.1, 0.15) is 38.6 Å². The van der Waals surface area contributed by atoms with Crippen molar-refractivity contribution >= 4 is 57.7 Å². The fourth-order valence-corrected chi connectivity index (χ4v) is 5.22. The van der Waals surface area contributed by atoms with Crippen molar-refractivity contribution in [2.75, 3.05) is 19.5 Å². The average molecular weight is 553 g/mol. The highest BCUT2D eigenvalue weighted by Gasteiger charge is 2.38. The number of nitrogen functional groups attached to an aromatic ring is 1. The lowest BCUT2D eigenvalue weighted by atomic mass is 10.1. The molecule has 0 fully saturated rings. The Morgan fingerprint density at radius 3 is 2.10 bits per heavy atom. The van der Waals surface area contributed by atoms with Gasteiger partial charge in [0.15, 0.2) is 5.69 Å². The zero-order chi connectivity index (χ0) is 28.4. The number of nitro benzene ring substituents is 2. The number of thioether (sulfide) groups is 1. The van der Waals surface area contributed by atoms with E-state index in [2.05, 4.69) is 0 Å². The number of ether oxygens (including phenoxy) is 2. The normalized spacial score (nSPS) is 15.0. The Bertz CT molecular complexity index is 1640. The van der Waals surface area contributed by atoms with Gasteiger partial charge in [0, 0.05) is 29.5 Å². The van der Waals surface area contributed by atoms with Crippen molar-refractivity contribution < 1.29 is 33.7 Å². The maximum Gasteiger partial charge on any atom is 0.357 e. The van der Waals surface area contributed by atoms with Gasteiger partial charge >= 0.3 is 11.9 Å². The Labute approximate surface area is 223 Å². The second kappa shape index (κ2) is 10.8. The van der Waals surface area contributed by atoms with E-state index in [0.29, 0.717) is 11.1 Å². The highest BCUT2D eigenvalue weighted by molar-refractivity contribution is 8.10. The predicted molar refractivity (Wildman–Crippen MR) is 140 cm³/mol. The van der Waals surface area contributed by atoms with E-state index in [-0.39, 0.29) is 44.8 Å². The van der Waals surface area contributed by atoms with Gasteiger partial charge in [0.1, 0.15) is 10.2 Å². The van der Waals surface area contributed by atoms with Crippen LogP contribution in [0.5, 0.6) is 0 Å². The topological polar surface area (TPSA) is 187 Å². The van der Waals surface area contributed by atoms with Gasteiger partial charge in [-0.25, -0.2) is 9.59 Å². The number of carbonyl (C=O) groups is 3. The van der Waals surface area contributed by atoms with Gasteiger partial charge in [0.2, 0.25) is 5.91 Å². The monoisotopic (exact) mass is 552 g/mol. The molecular weight excluding hydrogens is 532 g/mol. The van der Waals surface area contributed by atoms with Gasteiger partial charge in [0.25, 0.3) is 11.4 Å². The first-order valence-corrected chi connectivity index (χ1v) is 12.2. The number of benzene rings is 2. The summed E-state index contributed by atoms with van der Waals surface area (Å²) in [6.45, 7) is 1.61. The first-order chi connectivity index (χ1) is 18.6. The molecule has 0 aliphatic carbocycles. The molecule has 1 atom stereocenters. The number of nitrogens with zero attached hydrogens (tertiary/aromatic N) is 3. The lowest BCUT2D eigenvalue weighted by Crippen LogP contribution is -2.42. The standard InChI is InChI=1S/C25H20N4O9S/c1-3-38-25(32)22-19-17(12-13-4-8-15(9-5-13)28(33)34)18(26)20(24(31)37-2)27(19)23(30)21(39-22)14-6-10-16(11-7-14)29(35)36/h4-12,21H,3,26H2,1-2H3/b17-12+/t21-/m0/s1. The van der Waals surface area contributed by atoms with E-state index < -0.39 is 32.9 Å². The van der Waals surface area contributed by atoms with Crippen LogP contribution >= 0.6 is 11.8 Å². The number of methoxy groups -OCH3 is 1. The zero-order valence-corrected chi connectivity index (χ0v) is 21.3. The molecule has 0 spiro atoms. The van der Waals surface area contributed by atoms with Crippen LogP contribution in [0, 0.1) is 20.2 Å². The molecule has 0 radical (unpaired) electrons. The lowest BCUT2D eigenvalue weighted by molar-refractivity contribution is -0.385. The summed E-state index contributed by atoms with van der Waals surface area (Å²) in [5.41, 5.74) is 6.32. The average Bonchev–Trinajstić information content (AvgIpc) is 3.21. The largest absolute Gasteiger partial charge is 0.464 e. The number of anilines is 1. The van der Waals surface area contributed by atoms with E-state index >= 15 is 0 Å². The molecule has 1 aromatic heterocycles. The molecule has 0 amide bonds. The van der Waals surface area contributed by atoms with Gasteiger partial charge in [-0.2, -0.15) is 0 Å². The van der Waals surface area contributed by atoms with E-state index in [1.807, 2.05) is 0 Å². The molecule has 0 bridgehead atoms. The van der Waals surface area contributed by atoms with Crippen molar-refractivity contribution in [3.05, 3.63) is 96.1 Å². The molecule has 2 N–H and O–H groups in total. The maximum atomic E-state index is 13.8. The van der Waals surface area contributed by atoms with Crippen molar-refractivity contribution in [1.29, 1.82) is 0 Å². The van der Waals surface area contributed by atoms with E-state index in [1.54, 1.807) is 6.92 Å². The fraction of sp³-hybridized carbons (Fsp3) is 0.160. The van der Waals surface area contributed by atoms with Crippen LogP contribution in [0.3, 0.4) is 0 Å². The Morgan fingerprint density at radius 2 is 1.59 bits per heavy atom. The minimum absolute atomic E-state index is 0.00198. The number of non-ortho nitro benzene ring substituents is 2. The molecule has 13 nitrogen and oxygen atoms in total. The molecule has 3 aromatic rings. The number of fused-ring (bicyclic) bond motifs is 1. The maximum absolute atomic E-state index is 13.8. The fourth-order valence-electron chi connectivity index (χ4n) is 4.02. The number of aromatic nitrogens is 1. The van der Waals surface area contributed by atoms with Gasteiger partial charge in [-0.3, -0.25) is 29.6 Å². The van der Waals surface area contributed by atoms with Crippen molar-refractivity contribution in [1.82, 2.24) is 4.57 Å². The second-order valence-electron chi connectivity index (χ2n) is 8.08. The summed E-state index contributed by atoms with van der Waals surface area (Å²) in [5.74, 6) is -2.37. The molecular formula is C25H20N4O9S. The number of rotatable bonds is 7. The minimum Gasteiger partial charge on any atom is -0.464 e. The molecule has 39 heavy (non-hydrogen) atoms. The van der Waals surface area contributed by atoms with Gasteiger partial charge in [0.05, 0.1) is 34.6 Å². The first-order valence-electron chi connectivity index (χ1n) is 11.3. The Kier molecular flexibility index (Phi) is 7.49. The highest BCUT2D eigenvalue weighted by atomic mass is 32.2. The molecule has 4 rings (SSSR count). The number of nitrogens with two attached hydrogens (primary N) is 1. The van der Waals surface area contributed by atoms with Gasteiger partial charge in [-0.05, 0) is 36.3 Å². The summed E-state index contributed by atoms with van der Waals surface area (Å²) in [6, 6.07) is 10.6. The Hall–Kier alpha value is -4.98. The second-order valence-corrected chi connectivity index (χ2v) is 9.19. The van der Waals surface area contributed by atoms with Crippen molar-refractivity contribution in [3.63, 3.8) is 0 Å². The number of esters is 2. The third-order valence-corrected chi connectivity index (χ3v) is 7.11.